The van der Waals surface area contributed by atoms with Gasteiger partial charge in [0.2, 0.25) is 5.88 Å². The molecule has 0 unspecified atom stereocenters. The van der Waals surface area contributed by atoms with Crippen molar-refractivity contribution in [2.45, 2.75) is 24.0 Å². The Morgan fingerprint density at radius 3 is 2.56 bits per heavy atom. The van der Waals surface area contributed by atoms with Crippen LogP contribution in [0.2, 0.25) is 5.02 Å². The molecular formula is C27H27ClF3N5O4S. The number of H-pyrrole nitrogens is 1. The molecule has 4 rings (SSSR count). The van der Waals surface area contributed by atoms with Crippen LogP contribution in [0.15, 0.2) is 35.2 Å². The van der Waals surface area contributed by atoms with Gasteiger partial charge >= 0.3 is 0 Å². The van der Waals surface area contributed by atoms with E-state index in [2.05, 4.69) is 20.5 Å². The highest BCUT2D eigenvalue weighted by molar-refractivity contribution is 7.90. The van der Waals surface area contributed by atoms with Crippen molar-refractivity contribution in [3.8, 4) is 17.0 Å². The summed E-state index contributed by atoms with van der Waals surface area (Å²) in [4.78, 5) is 18.2. The van der Waals surface area contributed by atoms with Crippen molar-refractivity contribution in [2.24, 2.45) is 0 Å². The number of hydrogen-bond acceptors (Lipinski definition) is 7. The Bertz CT molecular complexity index is 1750. The van der Waals surface area contributed by atoms with Gasteiger partial charge in [-0.3, -0.25) is 9.89 Å². The van der Waals surface area contributed by atoms with E-state index in [4.69, 9.17) is 16.3 Å². The molecule has 0 spiro atoms. The van der Waals surface area contributed by atoms with Crippen molar-refractivity contribution in [2.75, 3.05) is 34.3 Å². The molecule has 14 heteroatoms. The van der Waals surface area contributed by atoms with Gasteiger partial charge in [0, 0.05) is 23.1 Å². The van der Waals surface area contributed by atoms with Crippen molar-refractivity contribution in [1.82, 2.24) is 25.4 Å². The van der Waals surface area contributed by atoms with Crippen LogP contribution in [0.1, 0.15) is 28.2 Å². The first-order valence-corrected chi connectivity index (χ1v) is 14.4. The molecule has 0 fully saturated rings. The number of methoxy groups -OCH3 is 1. The number of carbonyl (C=O) groups is 1. The molecule has 0 saturated carbocycles. The van der Waals surface area contributed by atoms with Crippen LogP contribution in [0.25, 0.3) is 22.0 Å². The van der Waals surface area contributed by atoms with E-state index < -0.39 is 55.6 Å². The van der Waals surface area contributed by atoms with Crippen molar-refractivity contribution in [3.63, 3.8) is 0 Å². The summed E-state index contributed by atoms with van der Waals surface area (Å²) in [6, 6.07) is 5.38. The van der Waals surface area contributed by atoms with E-state index in [-0.39, 0.29) is 32.4 Å². The fourth-order valence-corrected chi connectivity index (χ4v) is 5.94. The Morgan fingerprint density at radius 2 is 1.88 bits per heavy atom. The third-order valence-corrected chi connectivity index (χ3v) is 8.39. The quantitative estimate of drug-likeness (QED) is 0.251. The SMILES string of the molecule is COc1nc(C)c(Cl)cc1S(=O)(=O)Cc1ccc(F)c(-c2ccc3c(C(=O)NCCCN(C)C)[nH]nc3c2F)c1F. The maximum atomic E-state index is 15.7. The second-order valence-corrected chi connectivity index (χ2v) is 11.9. The molecule has 0 bridgehead atoms. The van der Waals surface area contributed by atoms with Crippen molar-refractivity contribution in [1.29, 1.82) is 0 Å². The molecule has 1 amide bonds. The molecule has 2 N–H and O–H groups in total. The van der Waals surface area contributed by atoms with E-state index in [9.17, 15) is 17.6 Å². The Balaban J connectivity index is 1.69. The zero-order valence-electron chi connectivity index (χ0n) is 22.6. The van der Waals surface area contributed by atoms with Crippen molar-refractivity contribution < 1.29 is 31.1 Å². The van der Waals surface area contributed by atoms with Crippen LogP contribution in [-0.2, 0) is 15.6 Å². The number of pyridine rings is 1. The smallest absolute Gasteiger partial charge is 0.269 e. The molecule has 4 aromatic rings. The average molecular weight is 610 g/mol. The number of ether oxygens (including phenoxy) is 1. The van der Waals surface area contributed by atoms with E-state index in [0.29, 0.717) is 18.7 Å². The molecule has 0 aliphatic rings. The average Bonchev–Trinajstić information content (AvgIpc) is 3.35. The van der Waals surface area contributed by atoms with Crippen LogP contribution in [0.5, 0.6) is 5.88 Å². The topological polar surface area (TPSA) is 117 Å². The van der Waals surface area contributed by atoms with Gasteiger partial charge in [-0.1, -0.05) is 23.7 Å². The summed E-state index contributed by atoms with van der Waals surface area (Å²) in [6.07, 6.45) is 0.689. The number of nitrogens with zero attached hydrogens (tertiary/aromatic N) is 3. The maximum Gasteiger partial charge on any atom is 0.269 e. The van der Waals surface area contributed by atoms with Crippen LogP contribution >= 0.6 is 11.6 Å². The molecule has 218 valence electrons. The zero-order chi connectivity index (χ0) is 30.1. The van der Waals surface area contributed by atoms with E-state index in [0.717, 1.165) is 30.8 Å². The number of aromatic amines is 1. The first-order valence-electron chi connectivity index (χ1n) is 12.4. The number of benzene rings is 2. The summed E-state index contributed by atoms with van der Waals surface area (Å²) in [5, 5.41) is 9.23. The third-order valence-electron chi connectivity index (χ3n) is 6.36. The number of halogens is 4. The minimum absolute atomic E-state index is 0.00425. The second-order valence-electron chi connectivity index (χ2n) is 9.55. The molecule has 41 heavy (non-hydrogen) atoms. The summed E-state index contributed by atoms with van der Waals surface area (Å²) in [7, 11) is 0.739. The van der Waals surface area contributed by atoms with Gasteiger partial charge in [-0.2, -0.15) is 5.10 Å². The molecule has 0 saturated heterocycles. The Kier molecular flexibility index (Phi) is 8.90. The number of sulfone groups is 1. The number of rotatable bonds is 10. The van der Waals surface area contributed by atoms with Gasteiger partial charge in [0.15, 0.2) is 15.7 Å². The van der Waals surface area contributed by atoms with Gasteiger partial charge in [-0.05, 0) is 52.2 Å². The third kappa shape index (κ3) is 6.16. The lowest BCUT2D eigenvalue weighted by Gasteiger charge is -2.13. The molecule has 0 aliphatic carbocycles. The fraction of sp³-hybridized carbons (Fsp3) is 0.296. The van der Waals surface area contributed by atoms with Crippen molar-refractivity contribution >= 4 is 38.2 Å². The summed E-state index contributed by atoms with van der Waals surface area (Å²) < 4.78 is 77.7. The van der Waals surface area contributed by atoms with Crippen LogP contribution in [0.4, 0.5) is 13.2 Å². The zero-order valence-corrected chi connectivity index (χ0v) is 24.2. The molecule has 0 aliphatic heterocycles. The van der Waals surface area contributed by atoms with Crippen LogP contribution < -0.4 is 10.1 Å². The Labute approximate surface area is 239 Å². The number of nitrogens with one attached hydrogen (secondary N) is 2. The van der Waals surface area contributed by atoms with Gasteiger partial charge in [0.05, 0.1) is 29.1 Å². The number of amides is 1. The summed E-state index contributed by atoms with van der Waals surface area (Å²) in [5.41, 5.74) is -1.67. The Morgan fingerprint density at radius 1 is 1.15 bits per heavy atom. The van der Waals surface area contributed by atoms with Gasteiger partial charge in [-0.15, -0.1) is 0 Å². The molecule has 2 heterocycles. The Hall–Kier alpha value is -3.68. The van der Waals surface area contributed by atoms with Gasteiger partial charge in [0.25, 0.3) is 5.91 Å². The number of hydrogen-bond donors (Lipinski definition) is 2. The minimum Gasteiger partial charge on any atom is -0.480 e. The standard InChI is InChI=1S/C27H27ClF3N5O4S/c1-14-18(28)12-20(27(33-14)40-4)41(38,39)13-15-6-9-19(29)21(22(15)30)16-7-8-17-24(23(16)31)34-35-25(17)26(37)32-10-5-11-36(2)3/h6-9,12H,5,10-11,13H2,1-4H3,(H,32,37)(H,34,35). The fourth-order valence-electron chi connectivity index (χ4n) is 4.25. The summed E-state index contributed by atoms with van der Waals surface area (Å²) >= 11 is 6.06. The minimum atomic E-state index is -4.29. The van der Waals surface area contributed by atoms with Gasteiger partial charge in [-0.25, -0.2) is 26.6 Å². The molecular weight excluding hydrogens is 583 g/mol. The molecule has 2 aromatic heterocycles. The lowest BCUT2D eigenvalue weighted by atomic mass is 9.99. The van der Waals surface area contributed by atoms with Gasteiger partial charge in [0.1, 0.15) is 27.7 Å². The lowest BCUT2D eigenvalue weighted by molar-refractivity contribution is 0.0949. The largest absolute Gasteiger partial charge is 0.480 e. The van der Waals surface area contributed by atoms with Crippen LogP contribution in [-0.4, -0.2) is 68.7 Å². The number of fused-ring (bicyclic) bond motifs is 1. The highest BCUT2D eigenvalue weighted by Crippen LogP contribution is 2.36. The van der Waals surface area contributed by atoms with Crippen LogP contribution in [0, 0.1) is 24.4 Å². The van der Waals surface area contributed by atoms with Crippen LogP contribution in [0.3, 0.4) is 0 Å². The first kappa shape index (κ1) is 30.3. The predicted octanol–water partition coefficient (Wildman–Crippen LogP) is 4.67. The molecule has 0 radical (unpaired) electrons. The number of aromatic nitrogens is 3. The van der Waals surface area contributed by atoms with Gasteiger partial charge < -0.3 is 15.0 Å². The highest BCUT2D eigenvalue weighted by atomic mass is 35.5. The van der Waals surface area contributed by atoms with E-state index in [1.54, 1.807) is 6.92 Å². The summed E-state index contributed by atoms with van der Waals surface area (Å²) in [6.45, 7) is 2.68. The van der Waals surface area contributed by atoms with E-state index in [1.807, 2.05) is 19.0 Å². The lowest BCUT2D eigenvalue weighted by Crippen LogP contribution is -2.27. The number of aryl methyl sites for hydroxylation is 1. The monoisotopic (exact) mass is 609 g/mol. The maximum absolute atomic E-state index is 15.7. The second kappa shape index (κ2) is 12.0. The highest BCUT2D eigenvalue weighted by Gasteiger charge is 2.28. The number of carbonyl (C=O) groups excluding carboxylic acids is 1. The molecule has 2 aromatic carbocycles. The predicted molar refractivity (Wildman–Crippen MR) is 148 cm³/mol. The van der Waals surface area contributed by atoms with Crippen molar-refractivity contribution in [3.05, 3.63) is 69.8 Å². The summed E-state index contributed by atoms with van der Waals surface area (Å²) in [5.74, 6) is -5.13. The molecule has 9 nitrogen and oxygen atoms in total. The van der Waals surface area contributed by atoms with E-state index in [1.165, 1.54) is 13.2 Å². The normalized spacial score (nSPS) is 11.8. The first-order chi connectivity index (χ1) is 19.4. The molecule has 0 atom stereocenters. The van der Waals surface area contributed by atoms with E-state index >= 15 is 8.78 Å².